The molecule has 0 bridgehead atoms. The van der Waals surface area contributed by atoms with E-state index in [0.29, 0.717) is 0 Å². The summed E-state index contributed by atoms with van der Waals surface area (Å²) in [5, 5.41) is 10.5. The van der Waals surface area contributed by atoms with E-state index in [0.717, 1.165) is 5.56 Å². The van der Waals surface area contributed by atoms with Gasteiger partial charge in [0.2, 0.25) is 5.91 Å². The van der Waals surface area contributed by atoms with E-state index in [4.69, 9.17) is 10.8 Å². The Kier molecular flexibility index (Phi) is 3.61. The molecule has 80 valence electrons. The largest absolute Gasteiger partial charge is 0.465 e. The van der Waals surface area contributed by atoms with Gasteiger partial charge in [-0.05, 0) is 11.6 Å². The highest BCUT2D eigenvalue weighted by molar-refractivity contribution is 5.84. The Labute approximate surface area is 86.1 Å². The van der Waals surface area contributed by atoms with Crippen LogP contribution in [0, 0.1) is 0 Å². The number of aromatic nitrogens is 1. The van der Waals surface area contributed by atoms with Gasteiger partial charge in [0.15, 0.2) is 0 Å². The van der Waals surface area contributed by atoms with Crippen molar-refractivity contribution in [2.75, 3.05) is 0 Å². The van der Waals surface area contributed by atoms with Crippen LogP contribution in [0.15, 0.2) is 24.5 Å². The van der Waals surface area contributed by atoms with E-state index >= 15 is 0 Å². The summed E-state index contributed by atoms with van der Waals surface area (Å²) in [6.07, 6.45) is 2.07. The van der Waals surface area contributed by atoms with Crippen LogP contribution < -0.4 is 11.1 Å². The Morgan fingerprint density at radius 1 is 1.60 bits per heavy atom. The third kappa shape index (κ3) is 3.63. The molecule has 0 spiro atoms. The van der Waals surface area contributed by atoms with Gasteiger partial charge in [-0.1, -0.05) is 6.07 Å². The fourth-order valence-electron chi connectivity index (χ4n) is 1.13. The van der Waals surface area contributed by atoms with Gasteiger partial charge < -0.3 is 16.2 Å². The molecule has 1 atom stereocenters. The number of amides is 2. The molecule has 1 rings (SSSR count). The van der Waals surface area contributed by atoms with Crippen molar-refractivity contribution in [2.24, 2.45) is 5.73 Å². The minimum Gasteiger partial charge on any atom is -0.465 e. The molecule has 4 N–H and O–H groups in total. The molecular weight excluding hydrogens is 198 g/mol. The van der Waals surface area contributed by atoms with Crippen LogP contribution in [-0.4, -0.2) is 28.1 Å². The minimum atomic E-state index is -1.28. The maximum atomic E-state index is 10.9. The molecule has 0 radical (unpaired) electrons. The van der Waals surface area contributed by atoms with E-state index in [2.05, 4.69) is 4.98 Å². The van der Waals surface area contributed by atoms with Crippen molar-refractivity contribution >= 4 is 12.0 Å². The summed E-state index contributed by atoms with van der Waals surface area (Å²) in [6.45, 7) is 0. The second-order valence-corrected chi connectivity index (χ2v) is 2.97. The Balaban J connectivity index is 2.67. The molecule has 6 heteroatoms. The highest BCUT2D eigenvalue weighted by atomic mass is 16.4. The Bertz CT molecular complexity index is 353. The maximum Gasteiger partial charge on any atom is 0.405 e. The van der Waals surface area contributed by atoms with Crippen molar-refractivity contribution in [3.63, 3.8) is 0 Å². The lowest BCUT2D eigenvalue weighted by Gasteiger charge is -2.12. The smallest absolute Gasteiger partial charge is 0.405 e. The molecule has 0 aromatic carbocycles. The summed E-state index contributed by atoms with van der Waals surface area (Å²) in [5.41, 5.74) is 5.79. The molecule has 0 aliphatic heterocycles. The van der Waals surface area contributed by atoms with E-state index < -0.39 is 18.0 Å². The second-order valence-electron chi connectivity index (χ2n) is 2.97. The number of carboxylic acid groups (broad SMARTS) is 1. The first-order chi connectivity index (χ1) is 7.09. The number of nitrogens with two attached hydrogens (primary N) is 1. The zero-order valence-corrected chi connectivity index (χ0v) is 7.88. The van der Waals surface area contributed by atoms with Gasteiger partial charge in [0.1, 0.15) is 6.04 Å². The number of hydrogen-bond acceptors (Lipinski definition) is 3. The molecule has 6 nitrogen and oxygen atoms in total. The number of carbonyl (C=O) groups excluding carboxylic acids is 1. The fraction of sp³-hybridized carbons (Fsp3) is 0.222. The lowest BCUT2D eigenvalue weighted by molar-refractivity contribution is -0.119. The van der Waals surface area contributed by atoms with Gasteiger partial charge in [-0.25, -0.2) is 4.79 Å². The van der Waals surface area contributed by atoms with Crippen molar-refractivity contribution < 1.29 is 14.7 Å². The van der Waals surface area contributed by atoms with Crippen LogP contribution in [0.2, 0.25) is 0 Å². The Hall–Kier alpha value is -2.11. The summed E-state index contributed by atoms with van der Waals surface area (Å²) in [5.74, 6) is -0.707. The zero-order chi connectivity index (χ0) is 11.3. The normalized spacial score (nSPS) is 11.7. The molecule has 0 fully saturated rings. The first kappa shape index (κ1) is 11.0. The van der Waals surface area contributed by atoms with Crippen molar-refractivity contribution in [1.82, 2.24) is 10.3 Å². The fourth-order valence-corrected chi connectivity index (χ4v) is 1.13. The molecule has 1 heterocycles. The van der Waals surface area contributed by atoms with Crippen LogP contribution >= 0.6 is 0 Å². The molecule has 0 aliphatic carbocycles. The van der Waals surface area contributed by atoms with E-state index in [-0.39, 0.29) is 6.42 Å². The van der Waals surface area contributed by atoms with Gasteiger partial charge in [-0.2, -0.15) is 0 Å². The van der Waals surface area contributed by atoms with Gasteiger partial charge in [-0.3, -0.25) is 9.78 Å². The predicted octanol–water partition coefficient (Wildman–Crippen LogP) is -0.254. The van der Waals surface area contributed by atoms with Crippen LogP contribution in [0.5, 0.6) is 0 Å². The lowest BCUT2D eigenvalue weighted by atomic mass is 10.1. The van der Waals surface area contributed by atoms with Gasteiger partial charge in [-0.15, -0.1) is 0 Å². The molecular formula is C9H11N3O3. The Morgan fingerprint density at radius 3 is 2.80 bits per heavy atom. The van der Waals surface area contributed by atoms with Crippen molar-refractivity contribution in [1.29, 1.82) is 0 Å². The van der Waals surface area contributed by atoms with Gasteiger partial charge >= 0.3 is 6.09 Å². The molecule has 2 amide bonds. The zero-order valence-electron chi connectivity index (χ0n) is 7.88. The van der Waals surface area contributed by atoms with E-state index in [1.165, 1.54) is 0 Å². The van der Waals surface area contributed by atoms with Crippen molar-refractivity contribution in [3.05, 3.63) is 30.1 Å². The summed E-state index contributed by atoms with van der Waals surface area (Å²) in [4.78, 5) is 25.1. The van der Waals surface area contributed by atoms with Gasteiger partial charge in [0.25, 0.3) is 0 Å². The number of nitrogens with one attached hydrogen (secondary N) is 1. The van der Waals surface area contributed by atoms with Crippen LogP contribution in [0.4, 0.5) is 4.79 Å². The van der Waals surface area contributed by atoms with E-state index in [1.807, 2.05) is 5.32 Å². The number of pyridine rings is 1. The van der Waals surface area contributed by atoms with Crippen LogP contribution in [0.25, 0.3) is 0 Å². The standard InChI is InChI=1S/C9H11N3O3/c10-8(13)7(12-9(14)15)4-6-2-1-3-11-5-6/h1-3,5,7,12H,4H2,(H2,10,13)(H,14,15)/t7-/m0/s1. The third-order valence-corrected chi connectivity index (χ3v) is 1.80. The quantitative estimate of drug-likeness (QED) is 0.635. The molecule has 0 saturated carbocycles. The first-order valence-corrected chi connectivity index (χ1v) is 4.27. The summed E-state index contributed by atoms with van der Waals surface area (Å²) >= 11 is 0. The number of carbonyl (C=O) groups is 2. The van der Waals surface area contributed by atoms with E-state index in [1.54, 1.807) is 24.5 Å². The molecule has 0 aliphatic rings. The predicted molar refractivity (Wildman–Crippen MR) is 52.1 cm³/mol. The van der Waals surface area contributed by atoms with Gasteiger partial charge in [0, 0.05) is 18.8 Å². The molecule has 1 aromatic rings. The van der Waals surface area contributed by atoms with E-state index in [9.17, 15) is 9.59 Å². The molecule has 0 unspecified atom stereocenters. The summed E-state index contributed by atoms with van der Waals surface area (Å²) < 4.78 is 0. The Morgan fingerprint density at radius 2 is 2.33 bits per heavy atom. The minimum absolute atomic E-state index is 0.204. The van der Waals surface area contributed by atoms with Crippen LogP contribution in [-0.2, 0) is 11.2 Å². The van der Waals surface area contributed by atoms with Crippen molar-refractivity contribution in [2.45, 2.75) is 12.5 Å². The second kappa shape index (κ2) is 4.94. The number of primary amides is 1. The lowest BCUT2D eigenvalue weighted by Crippen LogP contribution is -2.45. The van der Waals surface area contributed by atoms with Gasteiger partial charge in [0.05, 0.1) is 0 Å². The summed E-state index contributed by atoms with van der Waals surface area (Å²) in [7, 11) is 0. The number of nitrogens with zero attached hydrogens (tertiary/aromatic N) is 1. The highest BCUT2D eigenvalue weighted by Crippen LogP contribution is 2.00. The van der Waals surface area contributed by atoms with Crippen molar-refractivity contribution in [3.8, 4) is 0 Å². The monoisotopic (exact) mass is 209 g/mol. The third-order valence-electron chi connectivity index (χ3n) is 1.80. The molecule has 15 heavy (non-hydrogen) atoms. The van der Waals surface area contributed by atoms with Crippen LogP contribution in [0.1, 0.15) is 5.56 Å². The average Bonchev–Trinajstić information content (AvgIpc) is 2.17. The number of hydrogen-bond donors (Lipinski definition) is 3. The highest BCUT2D eigenvalue weighted by Gasteiger charge is 2.17. The summed E-state index contributed by atoms with van der Waals surface area (Å²) in [6, 6.07) is 2.52. The molecule has 0 saturated heterocycles. The number of rotatable bonds is 4. The topological polar surface area (TPSA) is 105 Å². The average molecular weight is 209 g/mol. The van der Waals surface area contributed by atoms with Crippen LogP contribution in [0.3, 0.4) is 0 Å². The maximum absolute atomic E-state index is 10.9. The molecule has 1 aromatic heterocycles. The first-order valence-electron chi connectivity index (χ1n) is 4.27. The SMILES string of the molecule is NC(=O)[C@H](Cc1cccnc1)NC(=O)O.